The Morgan fingerprint density at radius 2 is 2.14 bits per heavy atom. The standard InChI is InChI=1S/C15H28N2O3S/c1-4-7-15(13(18)19)8-9-17(11-15)14(20)16-12(3)6-10-21-5-2/h12H,4-11H2,1-3H3,(H,16,20)(H,18,19). The zero-order valence-electron chi connectivity index (χ0n) is 13.4. The van der Waals surface area contributed by atoms with E-state index in [1.807, 2.05) is 25.6 Å². The Bertz CT molecular complexity index is 365. The maximum absolute atomic E-state index is 12.2. The van der Waals surface area contributed by atoms with Gasteiger partial charge in [-0.1, -0.05) is 20.3 Å². The molecule has 1 heterocycles. The summed E-state index contributed by atoms with van der Waals surface area (Å²) < 4.78 is 0. The molecule has 2 N–H and O–H groups in total. The van der Waals surface area contributed by atoms with Crippen molar-refractivity contribution in [2.75, 3.05) is 24.6 Å². The zero-order chi connectivity index (χ0) is 15.9. The number of hydrogen-bond donors (Lipinski definition) is 2. The molecule has 1 aliphatic rings. The molecule has 0 aromatic rings. The highest BCUT2D eigenvalue weighted by Crippen LogP contribution is 2.35. The maximum Gasteiger partial charge on any atom is 0.317 e. The molecule has 1 aliphatic heterocycles. The molecule has 1 saturated heterocycles. The second-order valence-electron chi connectivity index (χ2n) is 5.84. The number of carbonyl (C=O) groups is 2. The molecular weight excluding hydrogens is 288 g/mol. The van der Waals surface area contributed by atoms with Gasteiger partial charge in [-0.25, -0.2) is 4.79 Å². The van der Waals surface area contributed by atoms with Crippen LogP contribution in [0.5, 0.6) is 0 Å². The van der Waals surface area contributed by atoms with E-state index in [-0.39, 0.29) is 12.1 Å². The predicted molar refractivity (Wildman–Crippen MR) is 86.8 cm³/mol. The summed E-state index contributed by atoms with van der Waals surface area (Å²) in [6.07, 6.45) is 2.96. The van der Waals surface area contributed by atoms with Crippen LogP contribution in [0.1, 0.15) is 46.5 Å². The number of carbonyl (C=O) groups excluding carboxylic acids is 1. The van der Waals surface area contributed by atoms with E-state index in [4.69, 9.17) is 0 Å². The number of carboxylic acids is 1. The fourth-order valence-corrected chi connectivity index (χ4v) is 3.60. The van der Waals surface area contributed by atoms with Crippen LogP contribution in [0.15, 0.2) is 0 Å². The van der Waals surface area contributed by atoms with Crippen molar-refractivity contribution in [1.82, 2.24) is 10.2 Å². The van der Waals surface area contributed by atoms with Gasteiger partial charge in [-0.2, -0.15) is 11.8 Å². The summed E-state index contributed by atoms with van der Waals surface area (Å²) in [6, 6.07) is 0.00535. The fourth-order valence-electron chi connectivity index (χ4n) is 2.79. The number of nitrogens with one attached hydrogen (secondary N) is 1. The van der Waals surface area contributed by atoms with Gasteiger partial charge in [-0.3, -0.25) is 4.79 Å². The van der Waals surface area contributed by atoms with Crippen molar-refractivity contribution in [1.29, 1.82) is 0 Å². The van der Waals surface area contributed by atoms with Crippen LogP contribution in [0.4, 0.5) is 4.79 Å². The van der Waals surface area contributed by atoms with Gasteiger partial charge in [0.1, 0.15) is 0 Å². The van der Waals surface area contributed by atoms with Gasteiger partial charge in [0.2, 0.25) is 0 Å². The molecule has 122 valence electrons. The molecule has 1 fully saturated rings. The van der Waals surface area contributed by atoms with Crippen molar-refractivity contribution in [3.8, 4) is 0 Å². The molecule has 6 heteroatoms. The molecule has 2 atom stereocenters. The van der Waals surface area contributed by atoms with Gasteiger partial charge < -0.3 is 15.3 Å². The quantitative estimate of drug-likeness (QED) is 0.676. The van der Waals surface area contributed by atoms with E-state index < -0.39 is 11.4 Å². The Morgan fingerprint density at radius 3 is 2.71 bits per heavy atom. The highest BCUT2D eigenvalue weighted by Gasteiger charge is 2.45. The lowest BCUT2D eigenvalue weighted by Crippen LogP contribution is -2.44. The first kappa shape index (κ1) is 18.1. The number of likely N-dealkylation sites (tertiary alicyclic amines) is 1. The molecule has 0 bridgehead atoms. The van der Waals surface area contributed by atoms with Crippen molar-refractivity contribution < 1.29 is 14.7 Å². The first-order valence-corrected chi connectivity index (χ1v) is 8.97. The number of hydrogen-bond acceptors (Lipinski definition) is 3. The summed E-state index contributed by atoms with van der Waals surface area (Å²) in [5, 5.41) is 12.4. The highest BCUT2D eigenvalue weighted by molar-refractivity contribution is 7.99. The Balaban J connectivity index is 2.48. The number of nitrogens with zero attached hydrogens (tertiary/aromatic N) is 1. The molecule has 0 radical (unpaired) electrons. The minimum atomic E-state index is -0.771. The molecule has 2 unspecified atom stereocenters. The summed E-state index contributed by atoms with van der Waals surface area (Å²) in [7, 11) is 0. The van der Waals surface area contributed by atoms with Gasteiger partial charge in [-0.15, -0.1) is 0 Å². The maximum atomic E-state index is 12.2. The Kier molecular flexibility index (Phi) is 7.35. The molecule has 21 heavy (non-hydrogen) atoms. The summed E-state index contributed by atoms with van der Waals surface area (Å²) in [4.78, 5) is 25.4. The van der Waals surface area contributed by atoms with E-state index in [1.165, 1.54) is 0 Å². The molecule has 0 aromatic heterocycles. The largest absolute Gasteiger partial charge is 0.481 e. The van der Waals surface area contributed by atoms with Crippen molar-refractivity contribution in [3.05, 3.63) is 0 Å². The van der Waals surface area contributed by atoms with E-state index in [0.717, 1.165) is 24.3 Å². The number of aliphatic carboxylic acids is 1. The third-order valence-corrected chi connectivity index (χ3v) is 5.03. The molecule has 1 rings (SSSR count). The molecule has 5 nitrogen and oxygen atoms in total. The SMILES string of the molecule is CCCC1(C(=O)O)CCN(C(=O)NC(C)CCSCC)C1. The van der Waals surface area contributed by atoms with E-state index in [9.17, 15) is 14.7 Å². The van der Waals surface area contributed by atoms with Gasteiger partial charge in [0, 0.05) is 19.1 Å². The number of carboxylic acid groups (broad SMARTS) is 1. The predicted octanol–water partition coefficient (Wildman–Crippen LogP) is 2.80. The van der Waals surface area contributed by atoms with Crippen LogP contribution in [0.2, 0.25) is 0 Å². The molecule has 0 aliphatic carbocycles. The summed E-state index contributed by atoms with van der Waals surface area (Å²) >= 11 is 1.86. The summed E-state index contributed by atoms with van der Waals surface area (Å²) in [5.74, 6) is 1.35. The molecule has 0 saturated carbocycles. The first-order chi connectivity index (χ1) is 9.95. The average molecular weight is 316 g/mol. The topological polar surface area (TPSA) is 69.6 Å². The fraction of sp³-hybridized carbons (Fsp3) is 0.867. The molecular formula is C15H28N2O3S. The molecule has 0 aromatic carbocycles. The van der Waals surface area contributed by atoms with Crippen LogP contribution in [0.3, 0.4) is 0 Å². The van der Waals surface area contributed by atoms with Crippen LogP contribution in [-0.2, 0) is 4.79 Å². The zero-order valence-corrected chi connectivity index (χ0v) is 14.2. The third-order valence-electron chi connectivity index (χ3n) is 4.09. The van der Waals surface area contributed by atoms with Gasteiger partial charge in [0.15, 0.2) is 0 Å². The van der Waals surface area contributed by atoms with Crippen LogP contribution in [0, 0.1) is 5.41 Å². The number of urea groups is 1. The number of rotatable bonds is 8. The molecule has 0 spiro atoms. The smallest absolute Gasteiger partial charge is 0.317 e. The highest BCUT2D eigenvalue weighted by atomic mass is 32.2. The monoisotopic (exact) mass is 316 g/mol. The van der Waals surface area contributed by atoms with E-state index in [1.54, 1.807) is 4.90 Å². The normalized spacial score (nSPS) is 23.1. The third kappa shape index (κ3) is 5.09. The van der Waals surface area contributed by atoms with Gasteiger partial charge in [-0.05, 0) is 37.7 Å². The van der Waals surface area contributed by atoms with Crippen molar-refractivity contribution in [2.45, 2.75) is 52.5 Å². The lowest BCUT2D eigenvalue weighted by molar-refractivity contribution is -0.148. The van der Waals surface area contributed by atoms with Crippen LogP contribution >= 0.6 is 11.8 Å². The summed E-state index contributed by atoms with van der Waals surface area (Å²) in [6.45, 7) is 6.98. The second-order valence-corrected chi connectivity index (χ2v) is 7.24. The number of thioether (sulfide) groups is 1. The lowest BCUT2D eigenvalue weighted by atomic mass is 9.83. The van der Waals surface area contributed by atoms with Crippen molar-refractivity contribution in [3.63, 3.8) is 0 Å². The second kappa shape index (κ2) is 8.51. The van der Waals surface area contributed by atoms with Crippen LogP contribution in [-0.4, -0.2) is 52.6 Å². The van der Waals surface area contributed by atoms with Crippen LogP contribution in [0.25, 0.3) is 0 Å². The Morgan fingerprint density at radius 1 is 1.43 bits per heavy atom. The van der Waals surface area contributed by atoms with Gasteiger partial charge in [0.25, 0.3) is 0 Å². The minimum absolute atomic E-state index is 0.122. The first-order valence-electron chi connectivity index (χ1n) is 7.81. The van der Waals surface area contributed by atoms with Crippen molar-refractivity contribution >= 4 is 23.8 Å². The number of amides is 2. The van der Waals surface area contributed by atoms with Gasteiger partial charge in [0.05, 0.1) is 5.41 Å². The lowest BCUT2D eigenvalue weighted by Gasteiger charge is -2.25. The van der Waals surface area contributed by atoms with E-state index >= 15 is 0 Å². The van der Waals surface area contributed by atoms with Crippen LogP contribution < -0.4 is 5.32 Å². The Labute approximate surface area is 131 Å². The van der Waals surface area contributed by atoms with Gasteiger partial charge >= 0.3 is 12.0 Å². The minimum Gasteiger partial charge on any atom is -0.481 e. The van der Waals surface area contributed by atoms with Crippen molar-refractivity contribution in [2.24, 2.45) is 5.41 Å². The van der Waals surface area contributed by atoms with E-state index in [0.29, 0.717) is 25.9 Å². The summed E-state index contributed by atoms with van der Waals surface area (Å²) in [5.41, 5.74) is -0.743. The van der Waals surface area contributed by atoms with E-state index in [2.05, 4.69) is 12.2 Å². The molecule has 2 amide bonds. The average Bonchev–Trinajstić information content (AvgIpc) is 2.85. The Hall–Kier alpha value is -0.910.